The van der Waals surface area contributed by atoms with Crippen LogP contribution in [0.15, 0.2) is 22.5 Å². The Bertz CT molecular complexity index is 591. The van der Waals surface area contributed by atoms with Crippen molar-refractivity contribution in [3.05, 3.63) is 17.5 Å². The van der Waals surface area contributed by atoms with E-state index in [0.29, 0.717) is 12.5 Å². The molecule has 0 aromatic carbocycles. The number of ether oxygens (including phenoxy) is 1. The van der Waals surface area contributed by atoms with Crippen LogP contribution in [-0.4, -0.2) is 50.8 Å². The number of nitrogens with one attached hydrogen (secondary N) is 2. The van der Waals surface area contributed by atoms with E-state index >= 15 is 0 Å². The lowest BCUT2D eigenvalue weighted by Gasteiger charge is -2.33. The highest BCUT2D eigenvalue weighted by molar-refractivity contribution is 7.14. The number of hydrogen-bond donors (Lipinski definition) is 2. The lowest BCUT2D eigenvalue weighted by molar-refractivity contribution is -0.148. The summed E-state index contributed by atoms with van der Waals surface area (Å²) in [6, 6.07) is 4.75. The predicted molar refractivity (Wildman–Crippen MR) is 112 cm³/mol. The summed E-state index contributed by atoms with van der Waals surface area (Å²) in [6.07, 6.45) is 8.06. The summed E-state index contributed by atoms with van der Waals surface area (Å²) >= 11 is 1.81. The zero-order chi connectivity index (χ0) is 18.9. The van der Waals surface area contributed by atoms with Crippen molar-refractivity contribution in [3.63, 3.8) is 0 Å². The zero-order valence-electron chi connectivity index (χ0n) is 16.3. The van der Waals surface area contributed by atoms with Gasteiger partial charge in [-0.05, 0) is 62.5 Å². The Labute approximate surface area is 166 Å². The van der Waals surface area contributed by atoms with Crippen molar-refractivity contribution >= 4 is 28.3 Å². The van der Waals surface area contributed by atoms with Crippen LogP contribution in [0.1, 0.15) is 51.4 Å². The van der Waals surface area contributed by atoms with Crippen LogP contribution >= 0.6 is 11.3 Å². The van der Waals surface area contributed by atoms with E-state index in [2.05, 4.69) is 38.0 Å². The first-order valence-corrected chi connectivity index (χ1v) is 11.1. The highest BCUT2D eigenvalue weighted by atomic mass is 32.1. The van der Waals surface area contributed by atoms with Crippen molar-refractivity contribution in [1.82, 2.24) is 10.6 Å². The van der Waals surface area contributed by atoms with E-state index < -0.39 is 0 Å². The van der Waals surface area contributed by atoms with Gasteiger partial charge in [-0.3, -0.25) is 9.79 Å². The molecule has 7 heteroatoms. The van der Waals surface area contributed by atoms with Gasteiger partial charge >= 0.3 is 5.97 Å². The number of piperidine rings is 1. The molecule has 150 valence electrons. The molecule has 2 heterocycles. The van der Waals surface area contributed by atoms with Crippen LogP contribution < -0.4 is 15.5 Å². The molecular formula is C20H32N4O2S. The van der Waals surface area contributed by atoms with Crippen molar-refractivity contribution in [3.8, 4) is 0 Å². The highest BCUT2D eigenvalue weighted by Gasteiger charge is 2.21. The molecule has 0 amide bonds. The van der Waals surface area contributed by atoms with E-state index in [4.69, 9.17) is 4.74 Å². The molecule has 27 heavy (non-hydrogen) atoms. The smallest absolute Gasteiger partial charge is 0.306 e. The van der Waals surface area contributed by atoms with Crippen LogP contribution in [0.3, 0.4) is 0 Å². The largest absolute Gasteiger partial charge is 0.462 e. The van der Waals surface area contributed by atoms with Crippen LogP contribution in [0.4, 0.5) is 5.00 Å². The summed E-state index contributed by atoms with van der Waals surface area (Å²) in [7, 11) is 1.80. The maximum absolute atomic E-state index is 11.9. The van der Waals surface area contributed by atoms with E-state index in [9.17, 15) is 4.79 Å². The maximum atomic E-state index is 11.9. The lowest BCUT2D eigenvalue weighted by atomic mass is 10.1. The third kappa shape index (κ3) is 6.41. The first-order chi connectivity index (χ1) is 13.2. The van der Waals surface area contributed by atoms with Gasteiger partial charge in [0.25, 0.3) is 0 Å². The fourth-order valence-corrected chi connectivity index (χ4v) is 4.56. The molecule has 1 saturated carbocycles. The number of carbonyl (C=O) groups is 1. The van der Waals surface area contributed by atoms with Gasteiger partial charge in [-0.2, -0.15) is 0 Å². The SMILES string of the molecule is CN=C(NCCCC(=O)OC1CCCC1)NC1CCN(c2cccs2)CC1. The van der Waals surface area contributed by atoms with Crippen molar-refractivity contribution in [1.29, 1.82) is 0 Å². The summed E-state index contributed by atoms with van der Waals surface area (Å²) in [6.45, 7) is 2.87. The van der Waals surface area contributed by atoms with Gasteiger partial charge in [0.2, 0.25) is 0 Å². The average Bonchev–Trinajstić information content (AvgIpc) is 3.39. The van der Waals surface area contributed by atoms with E-state index in [0.717, 1.165) is 57.7 Å². The minimum atomic E-state index is -0.0624. The average molecular weight is 393 g/mol. The van der Waals surface area contributed by atoms with Gasteiger partial charge in [0.1, 0.15) is 6.10 Å². The minimum absolute atomic E-state index is 0.0624. The molecule has 0 unspecified atom stereocenters. The number of esters is 1. The molecule has 1 aliphatic carbocycles. The molecule has 1 saturated heterocycles. The van der Waals surface area contributed by atoms with Crippen molar-refractivity contribution < 1.29 is 9.53 Å². The molecule has 1 aromatic rings. The molecule has 1 aliphatic heterocycles. The summed E-state index contributed by atoms with van der Waals surface area (Å²) in [4.78, 5) is 18.6. The van der Waals surface area contributed by atoms with Crippen LogP contribution in [0, 0.1) is 0 Å². The van der Waals surface area contributed by atoms with Crippen LogP contribution in [0.2, 0.25) is 0 Å². The van der Waals surface area contributed by atoms with Crippen LogP contribution in [0.5, 0.6) is 0 Å². The molecule has 1 aromatic heterocycles. The predicted octanol–water partition coefficient (Wildman–Crippen LogP) is 3.15. The van der Waals surface area contributed by atoms with Gasteiger partial charge in [-0.15, -0.1) is 11.3 Å². The summed E-state index contributed by atoms with van der Waals surface area (Å²) in [5, 5.41) is 10.3. The minimum Gasteiger partial charge on any atom is -0.462 e. The number of guanidine groups is 1. The van der Waals surface area contributed by atoms with Gasteiger partial charge < -0.3 is 20.3 Å². The Kier molecular flexibility index (Phi) is 7.80. The second-order valence-corrected chi connectivity index (χ2v) is 8.28. The van der Waals surface area contributed by atoms with Gasteiger partial charge in [0.15, 0.2) is 5.96 Å². The number of nitrogens with zero attached hydrogens (tertiary/aromatic N) is 2. The van der Waals surface area contributed by atoms with E-state index in [1.54, 1.807) is 18.4 Å². The van der Waals surface area contributed by atoms with Crippen molar-refractivity contribution in [2.24, 2.45) is 4.99 Å². The molecule has 2 fully saturated rings. The first-order valence-electron chi connectivity index (χ1n) is 10.2. The normalized spacial score (nSPS) is 19.3. The number of anilines is 1. The Hall–Kier alpha value is -1.76. The number of thiophene rings is 1. The van der Waals surface area contributed by atoms with E-state index in [1.165, 1.54) is 17.8 Å². The van der Waals surface area contributed by atoms with Crippen LogP contribution in [0.25, 0.3) is 0 Å². The van der Waals surface area contributed by atoms with Crippen molar-refractivity contribution in [2.45, 2.75) is 63.5 Å². The van der Waals surface area contributed by atoms with Gasteiger partial charge in [0.05, 0.1) is 5.00 Å². The molecular weight excluding hydrogens is 360 g/mol. The number of rotatable bonds is 7. The molecule has 3 rings (SSSR count). The standard InChI is InChI=1S/C20H32N4O2S/c1-21-20(22-12-4-9-19(25)26-17-6-2-3-7-17)23-16-10-13-24(14-11-16)18-8-5-15-27-18/h5,8,15-17H,2-4,6-7,9-14H2,1H3,(H2,21,22,23). The maximum Gasteiger partial charge on any atom is 0.306 e. The van der Waals surface area contributed by atoms with Gasteiger partial charge in [-0.1, -0.05) is 0 Å². The first kappa shape index (κ1) is 20.0. The molecule has 2 aliphatic rings. The molecule has 2 N–H and O–H groups in total. The number of carbonyl (C=O) groups excluding carboxylic acids is 1. The molecule has 0 radical (unpaired) electrons. The van der Waals surface area contributed by atoms with E-state index in [1.807, 2.05) is 0 Å². The fourth-order valence-electron chi connectivity index (χ4n) is 3.77. The third-order valence-electron chi connectivity index (χ3n) is 5.33. The fraction of sp³-hybridized carbons (Fsp3) is 0.700. The Morgan fingerprint density at radius 2 is 2.07 bits per heavy atom. The topological polar surface area (TPSA) is 66.0 Å². The van der Waals surface area contributed by atoms with E-state index in [-0.39, 0.29) is 12.1 Å². The van der Waals surface area contributed by atoms with Crippen molar-refractivity contribution in [2.75, 3.05) is 31.6 Å². The second-order valence-electron chi connectivity index (χ2n) is 7.36. The summed E-state index contributed by atoms with van der Waals surface area (Å²) in [5.74, 6) is 0.765. The Morgan fingerprint density at radius 1 is 1.30 bits per heavy atom. The van der Waals surface area contributed by atoms with Gasteiger partial charge in [0, 0.05) is 39.1 Å². The zero-order valence-corrected chi connectivity index (χ0v) is 17.1. The second kappa shape index (κ2) is 10.5. The Morgan fingerprint density at radius 3 is 2.74 bits per heavy atom. The monoisotopic (exact) mass is 392 g/mol. The number of aliphatic imine (C=N–C) groups is 1. The molecule has 0 spiro atoms. The molecule has 6 nitrogen and oxygen atoms in total. The Balaban J connectivity index is 1.28. The lowest BCUT2D eigenvalue weighted by Crippen LogP contribution is -2.48. The quantitative estimate of drug-likeness (QED) is 0.323. The van der Waals surface area contributed by atoms with Crippen LogP contribution in [-0.2, 0) is 9.53 Å². The van der Waals surface area contributed by atoms with Gasteiger partial charge in [-0.25, -0.2) is 0 Å². The molecule has 0 atom stereocenters. The summed E-state index contributed by atoms with van der Waals surface area (Å²) in [5.41, 5.74) is 0. The molecule has 0 bridgehead atoms. The summed E-state index contributed by atoms with van der Waals surface area (Å²) < 4.78 is 5.49. The third-order valence-corrected chi connectivity index (χ3v) is 6.26. The highest BCUT2D eigenvalue weighted by Crippen LogP contribution is 2.24. The number of hydrogen-bond acceptors (Lipinski definition) is 5.